The van der Waals surface area contributed by atoms with Crippen molar-refractivity contribution in [3.63, 3.8) is 0 Å². The van der Waals surface area contributed by atoms with Gasteiger partial charge in [0.25, 0.3) is 0 Å². The van der Waals surface area contributed by atoms with Crippen LogP contribution >= 0.6 is 0 Å². The van der Waals surface area contributed by atoms with Crippen molar-refractivity contribution in [1.82, 2.24) is 10.2 Å². The van der Waals surface area contributed by atoms with E-state index < -0.39 is 11.9 Å². The number of hydrogen-bond donors (Lipinski definition) is 1. The lowest BCUT2D eigenvalue weighted by Gasteiger charge is -2.38. The Balaban J connectivity index is 2.12. The maximum atomic E-state index is 12.4. The second-order valence-corrected chi connectivity index (χ2v) is 4.69. The van der Waals surface area contributed by atoms with Crippen LogP contribution in [0.15, 0.2) is 12.1 Å². The molecule has 2 N–H and O–H groups in total. The molecule has 1 aromatic rings. The Labute approximate surface area is 109 Å². The number of hydrogen-bond acceptors (Lipinski definition) is 4. The van der Waals surface area contributed by atoms with E-state index >= 15 is 0 Å². The summed E-state index contributed by atoms with van der Waals surface area (Å²) in [4.78, 5) is 2.02. The lowest BCUT2D eigenvalue weighted by atomic mass is 9.91. The van der Waals surface area contributed by atoms with E-state index in [4.69, 9.17) is 5.73 Å². The number of anilines is 1. The fraction of sp³-hybridized carbons (Fsp3) is 0.667. The zero-order valence-corrected chi connectivity index (χ0v) is 10.5. The first-order chi connectivity index (χ1) is 9.02. The predicted molar refractivity (Wildman–Crippen MR) is 65.7 cm³/mol. The molecular formula is C12H17F3N4. The molecule has 0 radical (unpaired) electrons. The first-order valence-electron chi connectivity index (χ1n) is 6.40. The van der Waals surface area contributed by atoms with Crippen LogP contribution in [0.1, 0.15) is 31.4 Å². The topological polar surface area (TPSA) is 55.0 Å². The highest BCUT2D eigenvalue weighted by Crippen LogP contribution is 2.30. The van der Waals surface area contributed by atoms with Crippen molar-refractivity contribution in [2.24, 2.45) is 5.73 Å². The van der Waals surface area contributed by atoms with E-state index in [1.54, 1.807) is 0 Å². The molecule has 7 heteroatoms. The van der Waals surface area contributed by atoms with Crippen molar-refractivity contribution in [3.05, 3.63) is 17.8 Å². The zero-order valence-electron chi connectivity index (χ0n) is 10.5. The minimum Gasteiger partial charge on any atom is -0.352 e. The summed E-state index contributed by atoms with van der Waals surface area (Å²) in [5.41, 5.74) is 4.53. The Bertz CT molecular complexity index is 400. The SMILES string of the molecule is NCCCN(c1ccc(C(F)(F)F)nn1)C1CCC1. The van der Waals surface area contributed by atoms with Crippen LogP contribution in [-0.4, -0.2) is 29.3 Å². The third-order valence-corrected chi connectivity index (χ3v) is 3.35. The number of aromatic nitrogens is 2. The average molecular weight is 274 g/mol. The molecule has 0 amide bonds. The van der Waals surface area contributed by atoms with Crippen LogP contribution < -0.4 is 10.6 Å². The summed E-state index contributed by atoms with van der Waals surface area (Å²) in [5, 5.41) is 6.99. The van der Waals surface area contributed by atoms with E-state index in [0.717, 1.165) is 31.7 Å². The molecule has 19 heavy (non-hydrogen) atoms. The van der Waals surface area contributed by atoms with Crippen LogP contribution in [0.3, 0.4) is 0 Å². The fourth-order valence-corrected chi connectivity index (χ4v) is 2.07. The van der Waals surface area contributed by atoms with Gasteiger partial charge in [-0.05, 0) is 44.4 Å². The summed E-state index contributed by atoms with van der Waals surface area (Å²) in [7, 11) is 0. The molecule has 1 saturated carbocycles. The van der Waals surface area contributed by atoms with Crippen LogP contribution in [0.5, 0.6) is 0 Å². The molecule has 0 aliphatic heterocycles. The van der Waals surface area contributed by atoms with Crippen molar-refractivity contribution in [2.75, 3.05) is 18.0 Å². The third-order valence-electron chi connectivity index (χ3n) is 3.35. The average Bonchev–Trinajstić information content (AvgIpc) is 2.31. The molecule has 1 aliphatic carbocycles. The van der Waals surface area contributed by atoms with Gasteiger partial charge in [-0.3, -0.25) is 0 Å². The minimum atomic E-state index is -4.44. The summed E-state index contributed by atoms with van der Waals surface area (Å²) < 4.78 is 37.3. The largest absolute Gasteiger partial charge is 0.435 e. The van der Waals surface area contributed by atoms with Gasteiger partial charge in [-0.2, -0.15) is 13.2 Å². The smallest absolute Gasteiger partial charge is 0.352 e. The number of nitrogens with two attached hydrogens (primary N) is 1. The highest BCUT2D eigenvalue weighted by molar-refractivity contribution is 5.39. The van der Waals surface area contributed by atoms with Crippen molar-refractivity contribution in [2.45, 2.75) is 37.9 Å². The molecule has 4 nitrogen and oxygen atoms in total. The Morgan fingerprint density at radius 3 is 2.42 bits per heavy atom. The predicted octanol–water partition coefficient (Wildman–Crippen LogP) is 2.20. The van der Waals surface area contributed by atoms with E-state index in [2.05, 4.69) is 10.2 Å². The number of alkyl halides is 3. The molecule has 1 aliphatic rings. The normalized spacial score (nSPS) is 16.2. The highest BCUT2D eigenvalue weighted by atomic mass is 19.4. The highest BCUT2D eigenvalue weighted by Gasteiger charge is 2.33. The van der Waals surface area contributed by atoms with Gasteiger partial charge in [0.2, 0.25) is 0 Å². The molecule has 1 heterocycles. The molecule has 0 atom stereocenters. The van der Waals surface area contributed by atoms with E-state index in [0.29, 0.717) is 24.9 Å². The lowest BCUT2D eigenvalue weighted by molar-refractivity contribution is -0.141. The Hall–Kier alpha value is -1.37. The Morgan fingerprint density at radius 2 is 2.00 bits per heavy atom. The maximum absolute atomic E-state index is 12.4. The summed E-state index contributed by atoms with van der Waals surface area (Å²) in [6.45, 7) is 1.26. The van der Waals surface area contributed by atoms with E-state index in [1.165, 1.54) is 6.07 Å². The molecular weight excluding hydrogens is 257 g/mol. The summed E-state index contributed by atoms with van der Waals surface area (Å²) >= 11 is 0. The van der Waals surface area contributed by atoms with Gasteiger partial charge < -0.3 is 10.6 Å². The molecule has 0 bridgehead atoms. The van der Waals surface area contributed by atoms with Crippen LogP contribution in [-0.2, 0) is 6.18 Å². The van der Waals surface area contributed by atoms with Crippen LogP contribution in [0.4, 0.5) is 19.0 Å². The minimum absolute atomic E-state index is 0.359. The second kappa shape index (κ2) is 5.73. The van der Waals surface area contributed by atoms with Gasteiger partial charge in [-0.15, -0.1) is 10.2 Å². The quantitative estimate of drug-likeness (QED) is 0.894. The Morgan fingerprint density at radius 1 is 1.26 bits per heavy atom. The number of rotatable bonds is 5. The second-order valence-electron chi connectivity index (χ2n) is 4.69. The molecule has 0 unspecified atom stereocenters. The van der Waals surface area contributed by atoms with E-state index in [1.807, 2.05) is 4.90 Å². The van der Waals surface area contributed by atoms with Crippen LogP contribution in [0.2, 0.25) is 0 Å². The lowest BCUT2D eigenvalue weighted by Crippen LogP contribution is -2.42. The number of nitrogens with zero attached hydrogens (tertiary/aromatic N) is 3. The molecule has 0 aromatic carbocycles. The summed E-state index contributed by atoms with van der Waals surface area (Å²) in [6.07, 6.45) is -0.401. The molecule has 0 saturated heterocycles. The molecule has 106 valence electrons. The zero-order chi connectivity index (χ0) is 13.9. The first kappa shape index (κ1) is 14.0. The summed E-state index contributed by atoms with van der Waals surface area (Å²) in [6, 6.07) is 2.73. The Kier molecular flexibility index (Phi) is 4.24. The van der Waals surface area contributed by atoms with Crippen molar-refractivity contribution >= 4 is 5.82 Å². The van der Waals surface area contributed by atoms with Gasteiger partial charge in [0.05, 0.1) is 0 Å². The monoisotopic (exact) mass is 274 g/mol. The summed E-state index contributed by atoms with van der Waals surface area (Å²) in [5.74, 6) is 0.506. The van der Waals surface area contributed by atoms with Crippen molar-refractivity contribution in [3.8, 4) is 0 Å². The van der Waals surface area contributed by atoms with Crippen LogP contribution in [0.25, 0.3) is 0 Å². The molecule has 0 spiro atoms. The van der Waals surface area contributed by atoms with Gasteiger partial charge in [0.1, 0.15) is 0 Å². The first-order valence-corrected chi connectivity index (χ1v) is 6.40. The van der Waals surface area contributed by atoms with E-state index in [-0.39, 0.29) is 0 Å². The maximum Gasteiger partial charge on any atom is 0.435 e. The van der Waals surface area contributed by atoms with E-state index in [9.17, 15) is 13.2 Å². The van der Waals surface area contributed by atoms with Crippen molar-refractivity contribution in [1.29, 1.82) is 0 Å². The molecule has 1 aromatic heterocycles. The van der Waals surface area contributed by atoms with Gasteiger partial charge >= 0.3 is 6.18 Å². The molecule has 2 rings (SSSR count). The van der Waals surface area contributed by atoms with Gasteiger partial charge in [0.15, 0.2) is 11.5 Å². The van der Waals surface area contributed by atoms with Crippen LogP contribution in [0, 0.1) is 0 Å². The number of halogens is 3. The standard InChI is InChI=1S/C12H17F3N4/c13-12(14,15)10-5-6-11(18-17-10)19(8-2-7-16)9-3-1-4-9/h5-6,9H,1-4,7-8,16H2. The third kappa shape index (κ3) is 3.34. The van der Waals surface area contributed by atoms with Gasteiger partial charge in [-0.25, -0.2) is 0 Å². The van der Waals surface area contributed by atoms with Crippen molar-refractivity contribution < 1.29 is 13.2 Å². The molecule has 1 fully saturated rings. The van der Waals surface area contributed by atoms with Gasteiger partial charge in [0, 0.05) is 12.6 Å². The fourth-order valence-electron chi connectivity index (χ4n) is 2.07. The van der Waals surface area contributed by atoms with Gasteiger partial charge in [-0.1, -0.05) is 0 Å².